The topological polar surface area (TPSA) is 66.4 Å². The molecule has 0 saturated heterocycles. The van der Waals surface area contributed by atoms with Crippen LogP contribution in [0.2, 0.25) is 0 Å². The Morgan fingerprint density at radius 1 is 1.29 bits per heavy atom. The Hall–Kier alpha value is -1.63. The molecule has 0 aromatic heterocycles. The predicted molar refractivity (Wildman–Crippen MR) is 76.9 cm³/mol. The van der Waals surface area contributed by atoms with Crippen LogP contribution in [0.25, 0.3) is 0 Å². The number of hydrogen-bond donors (Lipinski definition) is 2. The van der Waals surface area contributed by atoms with Crippen LogP contribution in [-0.4, -0.2) is 34.7 Å². The normalized spacial score (nSPS) is 12.5. The van der Waals surface area contributed by atoms with E-state index in [1.54, 1.807) is 24.3 Å². The standard InChI is InChI=1S/C14H17F2NO3S/c1-8(2)21-11-6-4-3-5-9(11)13(18)17-10(14(19)20)7-12(15)16/h3-6,8,10,12H,7H2,1-2H3,(H,17,18)(H,19,20). The zero-order valence-corrected chi connectivity index (χ0v) is 12.5. The summed E-state index contributed by atoms with van der Waals surface area (Å²) in [5.41, 5.74) is 0.289. The molecule has 0 saturated carbocycles. The van der Waals surface area contributed by atoms with E-state index in [1.165, 1.54) is 11.8 Å². The number of carboxylic acid groups (broad SMARTS) is 1. The van der Waals surface area contributed by atoms with Crippen LogP contribution in [-0.2, 0) is 4.79 Å². The lowest BCUT2D eigenvalue weighted by atomic mass is 10.1. The van der Waals surface area contributed by atoms with Gasteiger partial charge in [-0.05, 0) is 12.1 Å². The molecular formula is C14H17F2NO3S. The van der Waals surface area contributed by atoms with Crippen LogP contribution in [0.3, 0.4) is 0 Å². The largest absolute Gasteiger partial charge is 0.480 e. The number of carbonyl (C=O) groups excluding carboxylic acids is 1. The van der Waals surface area contributed by atoms with Crippen LogP contribution in [0, 0.1) is 0 Å². The summed E-state index contributed by atoms with van der Waals surface area (Å²) in [6, 6.07) is 5.08. The van der Waals surface area contributed by atoms with Gasteiger partial charge in [0.15, 0.2) is 0 Å². The van der Waals surface area contributed by atoms with Gasteiger partial charge in [-0.25, -0.2) is 13.6 Å². The molecule has 0 heterocycles. The quantitative estimate of drug-likeness (QED) is 0.759. The minimum Gasteiger partial charge on any atom is -0.480 e. The fraction of sp³-hybridized carbons (Fsp3) is 0.429. The van der Waals surface area contributed by atoms with E-state index in [0.29, 0.717) is 4.90 Å². The molecular weight excluding hydrogens is 300 g/mol. The number of carbonyl (C=O) groups is 2. The van der Waals surface area contributed by atoms with Crippen LogP contribution >= 0.6 is 11.8 Å². The Kier molecular flexibility index (Phi) is 6.61. The van der Waals surface area contributed by atoms with E-state index in [2.05, 4.69) is 5.32 Å². The van der Waals surface area contributed by atoms with Gasteiger partial charge in [-0.1, -0.05) is 26.0 Å². The molecule has 21 heavy (non-hydrogen) atoms. The van der Waals surface area contributed by atoms with Gasteiger partial charge in [0.1, 0.15) is 6.04 Å². The van der Waals surface area contributed by atoms with Crippen molar-refractivity contribution in [3.63, 3.8) is 0 Å². The Morgan fingerprint density at radius 2 is 1.90 bits per heavy atom. The van der Waals surface area contributed by atoms with Crippen molar-refractivity contribution in [2.45, 2.75) is 42.9 Å². The summed E-state index contributed by atoms with van der Waals surface area (Å²) in [5.74, 6) is -2.13. The van der Waals surface area contributed by atoms with Crippen molar-refractivity contribution in [3.05, 3.63) is 29.8 Å². The summed E-state index contributed by atoms with van der Waals surface area (Å²) in [7, 11) is 0. The van der Waals surface area contributed by atoms with Crippen molar-refractivity contribution in [1.29, 1.82) is 0 Å². The van der Waals surface area contributed by atoms with E-state index in [-0.39, 0.29) is 10.8 Å². The summed E-state index contributed by atoms with van der Waals surface area (Å²) in [5, 5.41) is 11.3. The second-order valence-corrected chi connectivity index (χ2v) is 6.27. The Labute approximate surface area is 125 Å². The first-order valence-corrected chi connectivity index (χ1v) is 7.26. The van der Waals surface area contributed by atoms with E-state index in [9.17, 15) is 18.4 Å². The number of aliphatic carboxylic acids is 1. The van der Waals surface area contributed by atoms with Gasteiger partial charge in [-0.3, -0.25) is 4.79 Å². The van der Waals surface area contributed by atoms with Crippen molar-refractivity contribution in [2.24, 2.45) is 0 Å². The molecule has 1 aromatic rings. The highest BCUT2D eigenvalue weighted by Crippen LogP contribution is 2.26. The van der Waals surface area contributed by atoms with Crippen molar-refractivity contribution in [1.82, 2.24) is 5.32 Å². The minimum absolute atomic E-state index is 0.232. The van der Waals surface area contributed by atoms with E-state index in [0.717, 1.165) is 0 Å². The van der Waals surface area contributed by atoms with Gasteiger partial charge in [0, 0.05) is 16.6 Å². The molecule has 116 valence electrons. The van der Waals surface area contributed by atoms with Gasteiger partial charge >= 0.3 is 5.97 Å². The summed E-state index contributed by atoms with van der Waals surface area (Å²) >= 11 is 1.45. The second kappa shape index (κ2) is 7.97. The molecule has 0 bridgehead atoms. The maximum Gasteiger partial charge on any atom is 0.326 e. The van der Waals surface area contributed by atoms with Gasteiger partial charge < -0.3 is 10.4 Å². The van der Waals surface area contributed by atoms with Crippen molar-refractivity contribution in [3.8, 4) is 0 Å². The maximum atomic E-state index is 12.3. The highest BCUT2D eigenvalue weighted by molar-refractivity contribution is 8.00. The fourth-order valence-electron chi connectivity index (χ4n) is 1.65. The van der Waals surface area contributed by atoms with Crippen LogP contribution < -0.4 is 5.32 Å². The second-order valence-electron chi connectivity index (χ2n) is 4.65. The van der Waals surface area contributed by atoms with E-state index in [1.807, 2.05) is 13.8 Å². The van der Waals surface area contributed by atoms with Gasteiger partial charge in [0.2, 0.25) is 6.43 Å². The highest BCUT2D eigenvalue weighted by atomic mass is 32.2. The van der Waals surface area contributed by atoms with Crippen LogP contribution in [0.15, 0.2) is 29.2 Å². The summed E-state index contributed by atoms with van der Waals surface area (Å²) in [6.45, 7) is 3.91. The summed E-state index contributed by atoms with van der Waals surface area (Å²) in [6.07, 6.45) is -3.72. The lowest BCUT2D eigenvalue weighted by Gasteiger charge is -2.16. The summed E-state index contributed by atoms with van der Waals surface area (Å²) in [4.78, 5) is 23.7. The molecule has 7 heteroatoms. The average Bonchev–Trinajstić information content (AvgIpc) is 2.37. The van der Waals surface area contributed by atoms with Crippen LogP contribution in [0.5, 0.6) is 0 Å². The molecule has 1 atom stereocenters. The number of nitrogens with one attached hydrogen (secondary N) is 1. The third-order valence-corrected chi connectivity index (χ3v) is 3.59. The fourth-order valence-corrected chi connectivity index (χ4v) is 2.60. The highest BCUT2D eigenvalue weighted by Gasteiger charge is 2.25. The van der Waals surface area contributed by atoms with Gasteiger partial charge in [0.25, 0.3) is 5.91 Å². The van der Waals surface area contributed by atoms with E-state index in [4.69, 9.17) is 5.11 Å². The molecule has 0 fully saturated rings. The molecule has 0 radical (unpaired) electrons. The van der Waals surface area contributed by atoms with Crippen molar-refractivity contribution >= 4 is 23.6 Å². The Morgan fingerprint density at radius 3 is 2.43 bits per heavy atom. The van der Waals surface area contributed by atoms with Crippen molar-refractivity contribution < 1.29 is 23.5 Å². The maximum absolute atomic E-state index is 12.3. The van der Waals surface area contributed by atoms with E-state index < -0.39 is 30.8 Å². The molecule has 1 unspecified atom stereocenters. The lowest BCUT2D eigenvalue weighted by molar-refractivity contribution is -0.140. The van der Waals surface area contributed by atoms with Gasteiger partial charge in [-0.15, -0.1) is 11.8 Å². The number of carboxylic acids is 1. The third-order valence-electron chi connectivity index (χ3n) is 2.51. The molecule has 1 aromatic carbocycles. The van der Waals surface area contributed by atoms with E-state index >= 15 is 0 Å². The third kappa shape index (κ3) is 5.71. The molecule has 1 rings (SSSR count). The van der Waals surface area contributed by atoms with Crippen LogP contribution in [0.1, 0.15) is 30.6 Å². The number of alkyl halides is 2. The molecule has 0 aliphatic heterocycles. The van der Waals surface area contributed by atoms with Gasteiger partial charge in [0.05, 0.1) is 5.56 Å². The number of amides is 1. The molecule has 0 spiro atoms. The number of benzene rings is 1. The number of hydrogen-bond acceptors (Lipinski definition) is 3. The predicted octanol–water partition coefficient (Wildman–Crippen LogP) is 3.03. The number of thioether (sulfide) groups is 1. The summed E-state index contributed by atoms with van der Waals surface area (Å²) < 4.78 is 24.7. The zero-order chi connectivity index (χ0) is 16.0. The van der Waals surface area contributed by atoms with Crippen LogP contribution in [0.4, 0.5) is 8.78 Å². The number of halogens is 2. The average molecular weight is 317 g/mol. The first-order valence-electron chi connectivity index (χ1n) is 6.38. The Balaban J connectivity index is 2.90. The molecule has 1 amide bonds. The number of rotatable bonds is 7. The monoisotopic (exact) mass is 317 g/mol. The zero-order valence-electron chi connectivity index (χ0n) is 11.7. The molecule has 0 aliphatic carbocycles. The first-order chi connectivity index (χ1) is 9.81. The first kappa shape index (κ1) is 17.4. The minimum atomic E-state index is -2.80. The van der Waals surface area contributed by atoms with Gasteiger partial charge in [-0.2, -0.15) is 0 Å². The molecule has 2 N–H and O–H groups in total. The SMILES string of the molecule is CC(C)Sc1ccccc1C(=O)NC(CC(F)F)C(=O)O. The smallest absolute Gasteiger partial charge is 0.326 e. The Bertz CT molecular complexity index is 509. The van der Waals surface area contributed by atoms with Crippen molar-refractivity contribution in [2.75, 3.05) is 0 Å². The lowest BCUT2D eigenvalue weighted by Crippen LogP contribution is -2.42. The molecule has 0 aliphatic rings. The molecule has 4 nitrogen and oxygen atoms in total.